The number of amides is 2. The topological polar surface area (TPSA) is 35.6 Å². The molecule has 3 rings (SSSR count). The van der Waals surface area contributed by atoms with Crippen LogP contribution in [0.15, 0.2) is 0 Å². The molecule has 0 bridgehead atoms. The number of urea groups is 1. The molecule has 132 valence electrons. The van der Waals surface area contributed by atoms with Crippen LogP contribution >= 0.6 is 0 Å². The van der Waals surface area contributed by atoms with Crippen molar-refractivity contribution < 1.29 is 4.79 Å². The minimum absolute atomic E-state index is 0.192. The van der Waals surface area contributed by atoms with Gasteiger partial charge in [-0.3, -0.25) is 0 Å². The summed E-state index contributed by atoms with van der Waals surface area (Å²) in [4.78, 5) is 17.1. The standard InChI is InChI=1S/C19H35N3O/c23-19(22-12-6-1-2-7-13-22)20-18-10-14-21(15-11-18)16-17-8-4-3-5-9-17/h17-18H,1-16H2,(H,20,23). The van der Waals surface area contributed by atoms with E-state index in [0.29, 0.717) is 6.04 Å². The summed E-state index contributed by atoms with van der Waals surface area (Å²) in [6.07, 6.45) is 14.4. The zero-order chi connectivity index (χ0) is 15.9. The quantitative estimate of drug-likeness (QED) is 0.862. The second-order valence-corrected chi connectivity index (χ2v) is 7.93. The Kier molecular flexibility index (Phi) is 6.61. The maximum atomic E-state index is 12.4. The van der Waals surface area contributed by atoms with E-state index in [0.717, 1.165) is 31.8 Å². The Morgan fingerprint density at radius 1 is 0.783 bits per heavy atom. The fraction of sp³-hybridized carbons (Fsp3) is 0.947. The van der Waals surface area contributed by atoms with Gasteiger partial charge in [0.25, 0.3) is 0 Å². The fourth-order valence-electron chi connectivity index (χ4n) is 4.53. The van der Waals surface area contributed by atoms with E-state index in [2.05, 4.69) is 10.2 Å². The van der Waals surface area contributed by atoms with Gasteiger partial charge in [0.15, 0.2) is 0 Å². The van der Waals surface area contributed by atoms with Crippen LogP contribution in [0.2, 0.25) is 0 Å². The van der Waals surface area contributed by atoms with Gasteiger partial charge >= 0.3 is 6.03 Å². The highest BCUT2D eigenvalue weighted by molar-refractivity contribution is 5.74. The Morgan fingerprint density at radius 3 is 2.04 bits per heavy atom. The van der Waals surface area contributed by atoms with Crippen molar-refractivity contribution in [1.82, 2.24) is 15.1 Å². The highest BCUT2D eigenvalue weighted by Crippen LogP contribution is 2.25. The van der Waals surface area contributed by atoms with E-state index in [1.165, 1.54) is 77.4 Å². The second-order valence-electron chi connectivity index (χ2n) is 7.93. The number of piperidine rings is 1. The zero-order valence-corrected chi connectivity index (χ0v) is 14.8. The van der Waals surface area contributed by atoms with Gasteiger partial charge in [-0.25, -0.2) is 4.79 Å². The molecule has 0 aromatic rings. The number of nitrogens with one attached hydrogen (secondary N) is 1. The largest absolute Gasteiger partial charge is 0.335 e. The molecule has 2 amide bonds. The van der Waals surface area contributed by atoms with Gasteiger partial charge in [-0.1, -0.05) is 32.1 Å². The Hall–Kier alpha value is -0.770. The third kappa shape index (κ3) is 5.37. The molecule has 2 heterocycles. The number of likely N-dealkylation sites (tertiary alicyclic amines) is 2. The van der Waals surface area contributed by atoms with Gasteiger partial charge in [0, 0.05) is 38.8 Å². The van der Waals surface area contributed by atoms with Gasteiger partial charge < -0.3 is 15.1 Å². The van der Waals surface area contributed by atoms with Crippen LogP contribution in [0.4, 0.5) is 4.79 Å². The minimum atomic E-state index is 0.192. The van der Waals surface area contributed by atoms with E-state index in [-0.39, 0.29) is 6.03 Å². The average Bonchev–Trinajstić information content (AvgIpc) is 2.87. The van der Waals surface area contributed by atoms with Crippen molar-refractivity contribution in [2.75, 3.05) is 32.7 Å². The molecule has 0 spiro atoms. The van der Waals surface area contributed by atoms with Crippen LogP contribution in [0, 0.1) is 5.92 Å². The maximum absolute atomic E-state index is 12.4. The molecule has 23 heavy (non-hydrogen) atoms. The smallest absolute Gasteiger partial charge is 0.317 e. The summed E-state index contributed by atoms with van der Waals surface area (Å²) in [5.74, 6) is 0.937. The van der Waals surface area contributed by atoms with Crippen LogP contribution in [0.25, 0.3) is 0 Å². The zero-order valence-electron chi connectivity index (χ0n) is 14.8. The number of hydrogen-bond donors (Lipinski definition) is 1. The number of nitrogens with zero attached hydrogens (tertiary/aromatic N) is 2. The summed E-state index contributed by atoms with van der Waals surface area (Å²) in [6.45, 7) is 5.54. The third-order valence-corrected chi connectivity index (χ3v) is 6.05. The van der Waals surface area contributed by atoms with Crippen LogP contribution in [0.5, 0.6) is 0 Å². The molecule has 2 saturated heterocycles. The van der Waals surface area contributed by atoms with Gasteiger partial charge in [0.05, 0.1) is 0 Å². The molecule has 0 aromatic heterocycles. The normalized spacial score (nSPS) is 26.0. The SMILES string of the molecule is O=C(NC1CCN(CC2CCCCC2)CC1)N1CCCCCC1. The van der Waals surface area contributed by atoms with E-state index in [1.807, 2.05) is 4.90 Å². The Labute approximate surface area is 142 Å². The number of carbonyl (C=O) groups excluding carboxylic acids is 1. The first-order valence-corrected chi connectivity index (χ1v) is 10.1. The molecule has 0 aromatic carbocycles. The lowest BCUT2D eigenvalue weighted by Crippen LogP contribution is -2.50. The van der Waals surface area contributed by atoms with Crippen LogP contribution < -0.4 is 5.32 Å². The molecule has 0 radical (unpaired) electrons. The summed E-state index contributed by atoms with van der Waals surface area (Å²) in [7, 11) is 0. The lowest BCUT2D eigenvalue weighted by Gasteiger charge is -2.36. The van der Waals surface area contributed by atoms with Crippen LogP contribution in [0.3, 0.4) is 0 Å². The third-order valence-electron chi connectivity index (χ3n) is 6.05. The van der Waals surface area contributed by atoms with Crippen molar-refractivity contribution in [1.29, 1.82) is 0 Å². The molecule has 4 heteroatoms. The van der Waals surface area contributed by atoms with Crippen LogP contribution in [0.1, 0.15) is 70.6 Å². The van der Waals surface area contributed by atoms with Crippen molar-refractivity contribution in [3.05, 3.63) is 0 Å². The van der Waals surface area contributed by atoms with Crippen LogP contribution in [-0.2, 0) is 0 Å². The van der Waals surface area contributed by atoms with Crippen molar-refractivity contribution >= 4 is 6.03 Å². The Balaban J connectivity index is 1.35. The monoisotopic (exact) mass is 321 g/mol. The summed E-state index contributed by atoms with van der Waals surface area (Å²) in [5.41, 5.74) is 0. The van der Waals surface area contributed by atoms with Gasteiger partial charge in [0.2, 0.25) is 0 Å². The van der Waals surface area contributed by atoms with Gasteiger partial charge in [0.1, 0.15) is 0 Å². The van der Waals surface area contributed by atoms with Gasteiger partial charge in [-0.05, 0) is 44.4 Å². The first-order chi connectivity index (χ1) is 11.3. The van der Waals surface area contributed by atoms with Gasteiger partial charge in [-0.2, -0.15) is 0 Å². The first-order valence-electron chi connectivity index (χ1n) is 10.1. The van der Waals surface area contributed by atoms with Crippen molar-refractivity contribution in [3.63, 3.8) is 0 Å². The molecule has 1 N–H and O–H groups in total. The molecular formula is C19H35N3O. The second kappa shape index (κ2) is 8.91. The van der Waals surface area contributed by atoms with Crippen LogP contribution in [-0.4, -0.2) is 54.6 Å². The molecule has 1 saturated carbocycles. The number of carbonyl (C=O) groups is 1. The predicted octanol–water partition coefficient (Wildman–Crippen LogP) is 3.62. The fourth-order valence-corrected chi connectivity index (χ4v) is 4.53. The molecule has 1 aliphatic carbocycles. The van der Waals surface area contributed by atoms with E-state index in [9.17, 15) is 4.79 Å². The van der Waals surface area contributed by atoms with Gasteiger partial charge in [-0.15, -0.1) is 0 Å². The molecule has 4 nitrogen and oxygen atoms in total. The lowest BCUT2D eigenvalue weighted by atomic mass is 9.88. The Morgan fingerprint density at radius 2 is 1.39 bits per heavy atom. The van der Waals surface area contributed by atoms with E-state index in [1.54, 1.807) is 0 Å². The predicted molar refractivity (Wildman–Crippen MR) is 94.6 cm³/mol. The first kappa shape index (κ1) is 17.1. The molecule has 2 aliphatic heterocycles. The van der Waals surface area contributed by atoms with Crippen molar-refractivity contribution in [2.45, 2.75) is 76.7 Å². The average molecular weight is 322 g/mol. The molecular weight excluding hydrogens is 286 g/mol. The molecule has 3 fully saturated rings. The summed E-state index contributed by atoms with van der Waals surface area (Å²) < 4.78 is 0. The summed E-state index contributed by atoms with van der Waals surface area (Å²) >= 11 is 0. The van der Waals surface area contributed by atoms with E-state index >= 15 is 0 Å². The number of hydrogen-bond acceptors (Lipinski definition) is 2. The summed E-state index contributed by atoms with van der Waals surface area (Å²) in [5, 5.41) is 3.30. The highest BCUT2D eigenvalue weighted by Gasteiger charge is 2.25. The highest BCUT2D eigenvalue weighted by atomic mass is 16.2. The lowest BCUT2D eigenvalue weighted by molar-refractivity contribution is 0.149. The molecule has 0 atom stereocenters. The molecule has 3 aliphatic rings. The van der Waals surface area contributed by atoms with E-state index in [4.69, 9.17) is 0 Å². The maximum Gasteiger partial charge on any atom is 0.317 e. The Bertz CT molecular complexity index is 352. The molecule has 0 unspecified atom stereocenters. The minimum Gasteiger partial charge on any atom is -0.335 e. The number of rotatable bonds is 3. The van der Waals surface area contributed by atoms with Crippen molar-refractivity contribution in [3.8, 4) is 0 Å². The summed E-state index contributed by atoms with van der Waals surface area (Å²) in [6, 6.07) is 0.589. The van der Waals surface area contributed by atoms with E-state index < -0.39 is 0 Å². The van der Waals surface area contributed by atoms with Crippen molar-refractivity contribution in [2.24, 2.45) is 5.92 Å².